The van der Waals surface area contributed by atoms with Crippen molar-refractivity contribution >= 4 is 17.5 Å². The van der Waals surface area contributed by atoms with Crippen LogP contribution in [0, 0.1) is 6.92 Å². The van der Waals surface area contributed by atoms with E-state index in [1.165, 1.54) is 0 Å². The maximum atomic E-state index is 12.1. The molecule has 2 heterocycles. The van der Waals surface area contributed by atoms with Gasteiger partial charge >= 0.3 is 0 Å². The van der Waals surface area contributed by atoms with Crippen LogP contribution in [0.15, 0.2) is 51.6 Å². The monoisotopic (exact) mass is 388 g/mol. The van der Waals surface area contributed by atoms with Crippen LogP contribution in [0.25, 0.3) is 0 Å². The number of rotatable bonds is 9. The van der Waals surface area contributed by atoms with Gasteiger partial charge in [-0.05, 0) is 48.2 Å². The molecule has 0 atom stereocenters. The van der Waals surface area contributed by atoms with Crippen molar-refractivity contribution in [2.24, 2.45) is 0 Å². The summed E-state index contributed by atoms with van der Waals surface area (Å²) in [6.07, 6.45) is 2.45. The summed E-state index contributed by atoms with van der Waals surface area (Å²) < 4.78 is 15.8. The van der Waals surface area contributed by atoms with Gasteiger partial charge in [-0.2, -0.15) is 0 Å². The molecule has 3 rings (SSSR count). The molecule has 0 unspecified atom stereocenters. The van der Waals surface area contributed by atoms with Gasteiger partial charge < -0.3 is 19.0 Å². The second kappa shape index (κ2) is 9.39. The van der Waals surface area contributed by atoms with Crippen molar-refractivity contribution in [2.45, 2.75) is 39.5 Å². The lowest BCUT2D eigenvalue weighted by Crippen LogP contribution is -2.23. The number of nitrogens with one attached hydrogen (secondary N) is 1. The van der Waals surface area contributed by atoms with Crippen LogP contribution in [0.4, 0.5) is 0 Å². The summed E-state index contributed by atoms with van der Waals surface area (Å²) >= 11 is 5.91. The summed E-state index contributed by atoms with van der Waals surface area (Å²) in [7, 11) is 0. The Morgan fingerprint density at radius 2 is 2.07 bits per heavy atom. The van der Waals surface area contributed by atoms with Crippen molar-refractivity contribution in [3.05, 3.63) is 76.0 Å². The third-order valence-electron chi connectivity index (χ3n) is 4.11. The molecule has 0 saturated carbocycles. The van der Waals surface area contributed by atoms with Crippen LogP contribution >= 0.6 is 11.6 Å². The lowest BCUT2D eigenvalue weighted by molar-refractivity contribution is -0.121. The number of ether oxygens (including phenoxy) is 1. The molecule has 27 heavy (non-hydrogen) atoms. The van der Waals surface area contributed by atoms with Gasteiger partial charge in [0.1, 0.15) is 12.4 Å². The fraction of sp³-hybridized carbons (Fsp3) is 0.300. The van der Waals surface area contributed by atoms with E-state index >= 15 is 0 Å². The van der Waals surface area contributed by atoms with Crippen LogP contribution in [0.5, 0.6) is 0 Å². The number of hydrogen-bond donors (Lipinski definition) is 1. The van der Waals surface area contributed by atoms with E-state index in [0.717, 1.165) is 28.1 Å². The zero-order valence-corrected chi connectivity index (χ0v) is 15.8. The van der Waals surface area contributed by atoms with Crippen molar-refractivity contribution in [1.29, 1.82) is 0 Å². The third-order valence-corrected chi connectivity index (χ3v) is 4.41. The standard InChI is InChI=1S/C20H21ClN2O4/c1-14-18(20(21)27-23-14)7-8-19(24)22-11-15-4-2-5-16(10-15)12-25-13-17-6-3-9-26-17/h2-6,9-10H,7-8,11-13H2,1H3,(H,22,24). The maximum absolute atomic E-state index is 12.1. The van der Waals surface area contributed by atoms with Crippen LogP contribution < -0.4 is 5.32 Å². The van der Waals surface area contributed by atoms with E-state index in [1.807, 2.05) is 43.3 Å². The number of amides is 1. The largest absolute Gasteiger partial charge is 0.467 e. The molecule has 0 fully saturated rings. The number of hydrogen-bond acceptors (Lipinski definition) is 5. The molecule has 0 spiro atoms. The molecule has 6 nitrogen and oxygen atoms in total. The Kier molecular flexibility index (Phi) is 6.68. The third kappa shape index (κ3) is 5.70. The van der Waals surface area contributed by atoms with Crippen LogP contribution in [-0.2, 0) is 35.7 Å². The topological polar surface area (TPSA) is 77.5 Å². The molecule has 7 heteroatoms. The molecule has 142 valence electrons. The van der Waals surface area contributed by atoms with Crippen molar-refractivity contribution in [3.8, 4) is 0 Å². The summed E-state index contributed by atoms with van der Waals surface area (Å²) in [5.74, 6) is 0.743. The van der Waals surface area contributed by atoms with Crippen LogP contribution in [0.1, 0.15) is 34.6 Å². The Bertz CT molecular complexity index is 855. The van der Waals surface area contributed by atoms with E-state index in [2.05, 4.69) is 10.5 Å². The van der Waals surface area contributed by atoms with Gasteiger partial charge in [0.05, 0.1) is 18.6 Å². The Hall–Kier alpha value is -2.57. The molecule has 0 bridgehead atoms. The second-order valence-corrected chi connectivity index (χ2v) is 6.53. The highest BCUT2D eigenvalue weighted by Gasteiger charge is 2.12. The zero-order chi connectivity index (χ0) is 19.1. The summed E-state index contributed by atoms with van der Waals surface area (Å²) in [6, 6.07) is 11.6. The minimum atomic E-state index is -0.0499. The SMILES string of the molecule is Cc1noc(Cl)c1CCC(=O)NCc1cccc(COCc2ccco2)c1. The average molecular weight is 389 g/mol. The van der Waals surface area contributed by atoms with Gasteiger partial charge in [0, 0.05) is 18.5 Å². The smallest absolute Gasteiger partial charge is 0.229 e. The molecule has 1 aromatic carbocycles. The molecular formula is C20H21ClN2O4. The lowest BCUT2D eigenvalue weighted by Gasteiger charge is -2.08. The molecular weight excluding hydrogens is 368 g/mol. The van der Waals surface area contributed by atoms with E-state index in [-0.39, 0.29) is 11.1 Å². The minimum Gasteiger partial charge on any atom is -0.467 e. The summed E-state index contributed by atoms with van der Waals surface area (Å²) in [5, 5.41) is 6.95. The van der Waals surface area contributed by atoms with Crippen molar-refractivity contribution < 1.29 is 18.5 Å². The fourth-order valence-corrected chi connectivity index (χ4v) is 2.93. The van der Waals surface area contributed by atoms with Gasteiger partial charge in [-0.1, -0.05) is 29.4 Å². The van der Waals surface area contributed by atoms with E-state index in [1.54, 1.807) is 6.26 Å². The predicted molar refractivity (Wildman–Crippen MR) is 100 cm³/mol. The van der Waals surface area contributed by atoms with Crippen LogP contribution in [-0.4, -0.2) is 11.1 Å². The van der Waals surface area contributed by atoms with Gasteiger partial charge in [-0.15, -0.1) is 0 Å². The summed E-state index contributed by atoms with van der Waals surface area (Å²) in [4.78, 5) is 12.1. The Morgan fingerprint density at radius 3 is 2.81 bits per heavy atom. The van der Waals surface area contributed by atoms with Crippen LogP contribution in [0.2, 0.25) is 5.22 Å². The number of aryl methyl sites for hydroxylation is 1. The number of aromatic nitrogens is 1. The van der Waals surface area contributed by atoms with Crippen LogP contribution in [0.3, 0.4) is 0 Å². The van der Waals surface area contributed by atoms with E-state index in [9.17, 15) is 4.79 Å². The van der Waals surface area contributed by atoms with Gasteiger partial charge in [-0.3, -0.25) is 4.79 Å². The maximum Gasteiger partial charge on any atom is 0.229 e. The van der Waals surface area contributed by atoms with Gasteiger partial charge in [0.15, 0.2) is 0 Å². The molecule has 0 aliphatic carbocycles. The quantitative estimate of drug-likeness (QED) is 0.594. The molecule has 1 amide bonds. The van der Waals surface area contributed by atoms with Crippen molar-refractivity contribution in [1.82, 2.24) is 10.5 Å². The number of furan rings is 1. The molecule has 3 aromatic rings. The fourth-order valence-electron chi connectivity index (χ4n) is 2.66. The Labute approximate surface area is 162 Å². The molecule has 0 radical (unpaired) electrons. The van der Waals surface area contributed by atoms with E-state index in [0.29, 0.717) is 32.6 Å². The first-order valence-corrected chi connectivity index (χ1v) is 9.05. The van der Waals surface area contributed by atoms with E-state index in [4.69, 9.17) is 25.3 Å². The summed E-state index contributed by atoms with van der Waals surface area (Å²) in [5.41, 5.74) is 3.55. The molecule has 0 aliphatic heterocycles. The lowest BCUT2D eigenvalue weighted by atomic mass is 10.1. The van der Waals surface area contributed by atoms with E-state index < -0.39 is 0 Å². The normalized spacial score (nSPS) is 10.9. The first-order chi connectivity index (χ1) is 13.1. The second-order valence-electron chi connectivity index (χ2n) is 6.19. The number of nitrogens with zero attached hydrogens (tertiary/aromatic N) is 1. The van der Waals surface area contributed by atoms with Crippen molar-refractivity contribution in [2.75, 3.05) is 0 Å². The summed E-state index contributed by atoms with van der Waals surface area (Å²) in [6.45, 7) is 3.18. The highest BCUT2D eigenvalue weighted by atomic mass is 35.5. The highest BCUT2D eigenvalue weighted by molar-refractivity contribution is 6.29. The van der Waals surface area contributed by atoms with Gasteiger partial charge in [0.2, 0.25) is 11.1 Å². The first kappa shape index (κ1) is 19.2. The Balaban J connectivity index is 1.43. The minimum absolute atomic E-state index is 0.0499. The van der Waals surface area contributed by atoms with Gasteiger partial charge in [-0.25, -0.2) is 0 Å². The highest BCUT2D eigenvalue weighted by Crippen LogP contribution is 2.20. The van der Waals surface area contributed by atoms with Gasteiger partial charge in [0.25, 0.3) is 0 Å². The number of halogens is 1. The average Bonchev–Trinajstić information content (AvgIpc) is 3.29. The Morgan fingerprint density at radius 1 is 1.22 bits per heavy atom. The first-order valence-electron chi connectivity index (χ1n) is 8.67. The molecule has 1 N–H and O–H groups in total. The molecule has 2 aromatic heterocycles. The molecule has 0 aliphatic rings. The van der Waals surface area contributed by atoms with Crippen molar-refractivity contribution in [3.63, 3.8) is 0 Å². The number of carbonyl (C=O) groups excluding carboxylic acids is 1. The number of carbonyl (C=O) groups is 1. The molecule has 0 saturated heterocycles. The number of benzene rings is 1. The zero-order valence-electron chi connectivity index (χ0n) is 15.0. The predicted octanol–water partition coefficient (Wildman–Crippen LogP) is 4.20.